The van der Waals surface area contributed by atoms with Crippen molar-refractivity contribution in [2.45, 2.75) is 6.54 Å². The zero-order chi connectivity index (χ0) is 18.4. The molecule has 1 fully saturated rings. The molecule has 0 bridgehead atoms. The maximum Gasteiger partial charge on any atom is 0.246 e. The molecule has 3 rings (SSSR count). The first-order chi connectivity index (χ1) is 12.7. The topological polar surface area (TPSA) is 47.3 Å². The monoisotopic (exact) mass is 385 g/mol. The lowest BCUT2D eigenvalue weighted by atomic mass is 10.1. The Balaban J connectivity index is 0.00000261. The Kier molecular flexibility index (Phi) is 7.54. The highest BCUT2D eigenvalue weighted by atomic mass is 35.5. The van der Waals surface area contributed by atoms with E-state index in [1.54, 1.807) is 30.3 Å². The van der Waals surface area contributed by atoms with Crippen LogP contribution in [-0.4, -0.2) is 41.9 Å². The number of amides is 1. The van der Waals surface area contributed by atoms with E-state index in [0.717, 1.165) is 30.8 Å². The standard InChI is InChI=1S/C21H20FN3O.ClH/c22-20-8-5-17(6-9-20)16-24-11-13-25(14-12-24)21(26)10-7-18-3-1-2-4-19(18)15-23;/h1-10H,11-14,16H2;1H/b10-7+;. The lowest BCUT2D eigenvalue weighted by molar-refractivity contribution is -0.127. The number of piperazine rings is 1. The molecule has 0 N–H and O–H groups in total. The Hall–Kier alpha value is -2.68. The molecule has 0 saturated carbocycles. The molecule has 0 aliphatic carbocycles. The Labute approximate surface area is 164 Å². The number of hydrogen-bond acceptors (Lipinski definition) is 3. The summed E-state index contributed by atoms with van der Waals surface area (Å²) in [5.74, 6) is -0.270. The van der Waals surface area contributed by atoms with Crippen molar-refractivity contribution in [2.24, 2.45) is 0 Å². The Morgan fingerprint density at radius 1 is 1.07 bits per heavy atom. The summed E-state index contributed by atoms with van der Waals surface area (Å²) in [4.78, 5) is 16.4. The van der Waals surface area contributed by atoms with Crippen LogP contribution in [0.2, 0.25) is 0 Å². The smallest absolute Gasteiger partial charge is 0.246 e. The third kappa shape index (κ3) is 5.65. The summed E-state index contributed by atoms with van der Waals surface area (Å²) in [6.45, 7) is 3.64. The molecule has 1 aliphatic rings. The SMILES string of the molecule is Cl.N#Cc1ccccc1/C=C/C(=O)N1CCN(Cc2ccc(F)cc2)CC1. The summed E-state index contributed by atoms with van der Waals surface area (Å²) in [7, 11) is 0. The number of benzene rings is 2. The maximum absolute atomic E-state index is 13.0. The minimum absolute atomic E-state index is 0. The van der Waals surface area contributed by atoms with Crippen molar-refractivity contribution in [1.82, 2.24) is 9.80 Å². The van der Waals surface area contributed by atoms with Crippen molar-refractivity contribution in [1.29, 1.82) is 5.26 Å². The minimum atomic E-state index is -0.228. The first-order valence-corrected chi connectivity index (χ1v) is 8.58. The predicted molar refractivity (Wildman–Crippen MR) is 106 cm³/mol. The summed E-state index contributed by atoms with van der Waals surface area (Å²) >= 11 is 0. The highest BCUT2D eigenvalue weighted by molar-refractivity contribution is 5.92. The third-order valence-corrected chi connectivity index (χ3v) is 4.49. The zero-order valence-corrected chi connectivity index (χ0v) is 15.7. The molecule has 0 radical (unpaired) electrons. The molecule has 1 amide bonds. The van der Waals surface area contributed by atoms with Crippen LogP contribution in [0.1, 0.15) is 16.7 Å². The van der Waals surface area contributed by atoms with Crippen molar-refractivity contribution < 1.29 is 9.18 Å². The average Bonchev–Trinajstić information content (AvgIpc) is 2.68. The normalized spacial score (nSPS) is 14.6. The molecule has 2 aromatic carbocycles. The lowest BCUT2D eigenvalue weighted by Gasteiger charge is -2.34. The Bertz CT molecular complexity index is 837. The van der Waals surface area contributed by atoms with Crippen molar-refractivity contribution in [2.75, 3.05) is 26.2 Å². The van der Waals surface area contributed by atoms with E-state index in [9.17, 15) is 9.18 Å². The van der Waals surface area contributed by atoms with E-state index < -0.39 is 0 Å². The van der Waals surface area contributed by atoms with Gasteiger partial charge in [-0.15, -0.1) is 12.4 Å². The van der Waals surface area contributed by atoms with E-state index in [1.807, 2.05) is 17.0 Å². The van der Waals surface area contributed by atoms with Crippen molar-refractivity contribution in [3.63, 3.8) is 0 Å². The highest BCUT2D eigenvalue weighted by Crippen LogP contribution is 2.12. The summed E-state index contributed by atoms with van der Waals surface area (Å²) in [5.41, 5.74) is 2.37. The molecular formula is C21H21ClFN3O. The Morgan fingerprint density at radius 2 is 1.74 bits per heavy atom. The van der Waals surface area contributed by atoms with Crippen LogP contribution in [0, 0.1) is 17.1 Å². The molecule has 140 valence electrons. The molecule has 2 aromatic rings. The van der Waals surface area contributed by atoms with Gasteiger partial charge in [0.25, 0.3) is 0 Å². The van der Waals surface area contributed by atoms with Crippen LogP contribution in [0.15, 0.2) is 54.6 Å². The molecular weight excluding hydrogens is 365 g/mol. The van der Waals surface area contributed by atoms with Crippen LogP contribution < -0.4 is 0 Å². The van der Waals surface area contributed by atoms with Gasteiger partial charge in [0, 0.05) is 38.8 Å². The fourth-order valence-corrected chi connectivity index (χ4v) is 2.99. The van der Waals surface area contributed by atoms with E-state index in [2.05, 4.69) is 11.0 Å². The van der Waals surface area contributed by atoms with Gasteiger partial charge in [0.15, 0.2) is 0 Å². The maximum atomic E-state index is 13.0. The van der Waals surface area contributed by atoms with E-state index in [1.165, 1.54) is 18.2 Å². The van der Waals surface area contributed by atoms with Gasteiger partial charge in [-0.2, -0.15) is 5.26 Å². The number of carbonyl (C=O) groups is 1. The van der Waals surface area contributed by atoms with Crippen LogP contribution in [0.3, 0.4) is 0 Å². The number of nitriles is 1. The number of carbonyl (C=O) groups excluding carboxylic acids is 1. The fraction of sp³-hybridized carbons (Fsp3) is 0.238. The van der Waals surface area contributed by atoms with Crippen LogP contribution >= 0.6 is 12.4 Å². The fourth-order valence-electron chi connectivity index (χ4n) is 2.99. The van der Waals surface area contributed by atoms with Crippen LogP contribution in [0.25, 0.3) is 6.08 Å². The van der Waals surface area contributed by atoms with Crippen LogP contribution in [0.5, 0.6) is 0 Å². The van der Waals surface area contributed by atoms with Crippen LogP contribution in [-0.2, 0) is 11.3 Å². The largest absolute Gasteiger partial charge is 0.337 e. The minimum Gasteiger partial charge on any atom is -0.337 e. The van der Waals surface area contributed by atoms with Gasteiger partial charge >= 0.3 is 0 Å². The molecule has 0 aromatic heterocycles. The van der Waals surface area contributed by atoms with Gasteiger partial charge in [-0.1, -0.05) is 30.3 Å². The molecule has 1 saturated heterocycles. The predicted octanol–water partition coefficient (Wildman–Crippen LogP) is 3.48. The van der Waals surface area contributed by atoms with Crippen molar-refractivity contribution in [3.8, 4) is 6.07 Å². The van der Waals surface area contributed by atoms with Gasteiger partial charge in [-0.25, -0.2) is 4.39 Å². The van der Waals surface area contributed by atoms with Gasteiger partial charge in [0.2, 0.25) is 5.91 Å². The number of hydrogen-bond donors (Lipinski definition) is 0. The second kappa shape index (κ2) is 9.86. The summed E-state index contributed by atoms with van der Waals surface area (Å²) in [5, 5.41) is 9.09. The van der Waals surface area contributed by atoms with E-state index in [-0.39, 0.29) is 24.1 Å². The van der Waals surface area contributed by atoms with Crippen molar-refractivity contribution in [3.05, 3.63) is 77.1 Å². The first kappa shape index (κ1) is 20.6. The molecule has 6 heteroatoms. The van der Waals surface area contributed by atoms with E-state index in [0.29, 0.717) is 18.7 Å². The molecule has 1 aliphatic heterocycles. The van der Waals surface area contributed by atoms with Gasteiger partial charge in [0.05, 0.1) is 11.6 Å². The number of nitrogens with zero attached hydrogens (tertiary/aromatic N) is 3. The average molecular weight is 386 g/mol. The second-order valence-corrected chi connectivity index (χ2v) is 6.26. The molecule has 1 heterocycles. The quantitative estimate of drug-likeness (QED) is 0.757. The number of halogens is 2. The van der Waals surface area contributed by atoms with Crippen LogP contribution in [0.4, 0.5) is 4.39 Å². The van der Waals surface area contributed by atoms with Crippen molar-refractivity contribution >= 4 is 24.4 Å². The molecule has 4 nitrogen and oxygen atoms in total. The summed E-state index contributed by atoms with van der Waals surface area (Å²) < 4.78 is 13.0. The van der Waals surface area contributed by atoms with Gasteiger partial charge in [0.1, 0.15) is 5.82 Å². The van der Waals surface area contributed by atoms with Gasteiger partial charge in [-0.05, 0) is 35.4 Å². The van der Waals surface area contributed by atoms with E-state index in [4.69, 9.17) is 5.26 Å². The third-order valence-electron chi connectivity index (χ3n) is 4.49. The lowest BCUT2D eigenvalue weighted by Crippen LogP contribution is -2.47. The summed E-state index contributed by atoms with van der Waals surface area (Å²) in [6, 6.07) is 15.9. The van der Waals surface area contributed by atoms with E-state index >= 15 is 0 Å². The number of rotatable bonds is 4. The second-order valence-electron chi connectivity index (χ2n) is 6.26. The summed E-state index contributed by atoms with van der Waals surface area (Å²) in [6.07, 6.45) is 3.23. The first-order valence-electron chi connectivity index (χ1n) is 8.58. The van der Waals surface area contributed by atoms with Gasteiger partial charge < -0.3 is 4.90 Å². The van der Waals surface area contributed by atoms with Gasteiger partial charge in [-0.3, -0.25) is 9.69 Å². The molecule has 0 spiro atoms. The molecule has 27 heavy (non-hydrogen) atoms. The highest BCUT2D eigenvalue weighted by Gasteiger charge is 2.19. The Morgan fingerprint density at radius 3 is 2.41 bits per heavy atom. The molecule has 0 atom stereocenters. The zero-order valence-electron chi connectivity index (χ0n) is 14.8. The molecule has 0 unspecified atom stereocenters.